The molecule has 6 unspecified atom stereocenters. The van der Waals surface area contributed by atoms with Crippen LogP contribution in [0.2, 0.25) is 0 Å². The van der Waals surface area contributed by atoms with Crippen LogP contribution in [0.15, 0.2) is 11.9 Å². The first-order valence-corrected chi connectivity index (χ1v) is 8.61. The molecule has 0 aromatic carbocycles. The molecule has 0 aromatic rings. The molecule has 1 rings (SSSR count). The minimum atomic E-state index is -0.430. The standard InChI is InChI=1S/C17H34N2O3/c1-7-21-12(2)9-8-10-17(20)14(4)22-13(3)16-11-19(6)15(5)18-16/h11-15,17-18,20H,7-10H2,1-6H3/p+1. The molecule has 0 aromatic heterocycles. The summed E-state index contributed by atoms with van der Waals surface area (Å²) in [6.45, 7) is 11.0. The largest absolute Gasteiger partial charge is 0.390 e. The van der Waals surface area contributed by atoms with E-state index in [1.807, 2.05) is 20.8 Å². The van der Waals surface area contributed by atoms with Crippen LogP contribution in [0.1, 0.15) is 53.9 Å². The molecule has 1 aliphatic rings. The quantitative estimate of drug-likeness (QED) is 0.564. The SMILES string of the molecule is CCOC(C)CCCC(O)C(C)OC(C)C1=C[NH+](C)C(C)N1. The summed E-state index contributed by atoms with van der Waals surface area (Å²) >= 11 is 0. The third kappa shape index (κ3) is 6.24. The van der Waals surface area contributed by atoms with Crippen molar-refractivity contribution in [2.75, 3.05) is 13.7 Å². The maximum atomic E-state index is 10.2. The Labute approximate surface area is 135 Å². The number of hydrogen-bond acceptors (Lipinski definition) is 4. The molecule has 6 atom stereocenters. The van der Waals surface area contributed by atoms with Gasteiger partial charge in [0, 0.05) is 13.5 Å². The monoisotopic (exact) mass is 315 g/mol. The zero-order valence-corrected chi connectivity index (χ0v) is 15.1. The summed E-state index contributed by atoms with van der Waals surface area (Å²) in [5, 5.41) is 13.7. The number of ether oxygens (including phenoxy) is 2. The molecule has 1 aliphatic heterocycles. The fraction of sp³-hybridized carbons (Fsp3) is 0.882. The average Bonchev–Trinajstić information content (AvgIpc) is 2.79. The molecule has 0 fully saturated rings. The van der Waals surface area contributed by atoms with Gasteiger partial charge in [0.2, 0.25) is 0 Å². The number of aliphatic hydroxyl groups excluding tert-OH is 1. The van der Waals surface area contributed by atoms with Crippen LogP contribution in [0.25, 0.3) is 0 Å². The van der Waals surface area contributed by atoms with Crippen molar-refractivity contribution in [1.29, 1.82) is 0 Å². The number of quaternary nitrogens is 1. The highest BCUT2D eigenvalue weighted by Crippen LogP contribution is 2.15. The number of aliphatic hydroxyl groups is 1. The second kappa shape index (κ2) is 9.50. The van der Waals surface area contributed by atoms with E-state index >= 15 is 0 Å². The van der Waals surface area contributed by atoms with Crippen molar-refractivity contribution in [2.24, 2.45) is 0 Å². The van der Waals surface area contributed by atoms with Crippen molar-refractivity contribution in [3.63, 3.8) is 0 Å². The van der Waals surface area contributed by atoms with Gasteiger partial charge >= 0.3 is 0 Å². The molecule has 0 amide bonds. The highest BCUT2D eigenvalue weighted by atomic mass is 16.5. The lowest BCUT2D eigenvalue weighted by atomic mass is 10.1. The van der Waals surface area contributed by atoms with E-state index in [9.17, 15) is 5.11 Å². The summed E-state index contributed by atoms with van der Waals surface area (Å²) in [6.07, 6.45) is 4.85. The van der Waals surface area contributed by atoms with Crippen LogP contribution in [0.3, 0.4) is 0 Å². The van der Waals surface area contributed by atoms with Crippen molar-refractivity contribution in [3.8, 4) is 0 Å². The van der Waals surface area contributed by atoms with Crippen molar-refractivity contribution >= 4 is 0 Å². The number of rotatable bonds is 10. The summed E-state index contributed by atoms with van der Waals surface area (Å²) in [7, 11) is 2.12. The molecule has 5 heteroatoms. The molecule has 0 bridgehead atoms. The highest BCUT2D eigenvalue weighted by molar-refractivity contribution is 5.04. The lowest BCUT2D eigenvalue weighted by Crippen LogP contribution is -3.07. The Bertz CT molecular complexity index is 349. The normalized spacial score (nSPS) is 27.0. The van der Waals surface area contributed by atoms with Gasteiger partial charge in [-0.05, 0) is 47.0 Å². The Balaban J connectivity index is 2.29. The predicted octanol–water partition coefficient (Wildman–Crippen LogP) is 1.04. The fourth-order valence-electron chi connectivity index (χ4n) is 2.71. The third-order valence-corrected chi connectivity index (χ3v) is 4.41. The fourth-order valence-corrected chi connectivity index (χ4v) is 2.71. The molecule has 0 saturated carbocycles. The minimum Gasteiger partial charge on any atom is -0.390 e. The molecule has 5 nitrogen and oxygen atoms in total. The second-order valence-corrected chi connectivity index (χ2v) is 6.46. The van der Waals surface area contributed by atoms with Gasteiger partial charge in [0.1, 0.15) is 12.3 Å². The maximum Gasteiger partial charge on any atom is 0.161 e. The van der Waals surface area contributed by atoms with E-state index in [2.05, 4.69) is 32.4 Å². The highest BCUT2D eigenvalue weighted by Gasteiger charge is 2.27. The zero-order valence-electron chi connectivity index (χ0n) is 15.1. The lowest BCUT2D eigenvalue weighted by Gasteiger charge is -2.24. The summed E-state index contributed by atoms with van der Waals surface area (Å²) in [5.41, 5.74) is 1.11. The van der Waals surface area contributed by atoms with Gasteiger partial charge in [0.25, 0.3) is 0 Å². The van der Waals surface area contributed by atoms with Gasteiger partial charge in [0.15, 0.2) is 6.17 Å². The average molecular weight is 315 g/mol. The van der Waals surface area contributed by atoms with Crippen LogP contribution >= 0.6 is 0 Å². The van der Waals surface area contributed by atoms with Crippen LogP contribution in [0.5, 0.6) is 0 Å². The molecule has 3 N–H and O–H groups in total. The zero-order chi connectivity index (χ0) is 16.7. The molecule has 0 spiro atoms. The molecule has 0 saturated heterocycles. The van der Waals surface area contributed by atoms with Gasteiger partial charge in [0.05, 0.1) is 31.1 Å². The van der Waals surface area contributed by atoms with E-state index < -0.39 is 6.10 Å². The predicted molar refractivity (Wildman–Crippen MR) is 88.5 cm³/mol. The van der Waals surface area contributed by atoms with E-state index in [4.69, 9.17) is 9.47 Å². The van der Waals surface area contributed by atoms with Gasteiger partial charge in [-0.25, -0.2) is 0 Å². The second-order valence-electron chi connectivity index (χ2n) is 6.46. The van der Waals surface area contributed by atoms with Crippen molar-refractivity contribution < 1.29 is 19.5 Å². The Morgan fingerprint density at radius 3 is 2.55 bits per heavy atom. The van der Waals surface area contributed by atoms with Crippen LogP contribution in [0, 0.1) is 0 Å². The van der Waals surface area contributed by atoms with Crippen LogP contribution in [-0.2, 0) is 9.47 Å². The number of hydrogen-bond donors (Lipinski definition) is 3. The maximum absolute atomic E-state index is 10.2. The van der Waals surface area contributed by atoms with Gasteiger partial charge in [-0.1, -0.05) is 0 Å². The van der Waals surface area contributed by atoms with Crippen molar-refractivity contribution in [2.45, 2.75) is 84.5 Å². The van der Waals surface area contributed by atoms with Gasteiger partial charge in [-0.2, -0.15) is 0 Å². The Morgan fingerprint density at radius 2 is 2.00 bits per heavy atom. The first-order chi connectivity index (χ1) is 10.3. The molecule has 0 aliphatic carbocycles. The molecule has 130 valence electrons. The van der Waals surface area contributed by atoms with Crippen LogP contribution in [-0.4, -0.2) is 49.3 Å². The van der Waals surface area contributed by atoms with Crippen molar-refractivity contribution in [1.82, 2.24) is 5.32 Å². The van der Waals surface area contributed by atoms with E-state index in [-0.39, 0.29) is 18.3 Å². The minimum absolute atomic E-state index is 0.0214. The summed E-state index contributed by atoms with van der Waals surface area (Å²) in [5.74, 6) is 0. The molecule has 22 heavy (non-hydrogen) atoms. The number of nitrogens with one attached hydrogen (secondary N) is 2. The molecule has 0 radical (unpaired) electrons. The van der Waals surface area contributed by atoms with Gasteiger partial charge in [-0.15, -0.1) is 0 Å². The lowest BCUT2D eigenvalue weighted by molar-refractivity contribution is -0.846. The first kappa shape index (κ1) is 19.4. The van der Waals surface area contributed by atoms with E-state index in [0.717, 1.165) is 31.6 Å². The molecular formula is C17H35N2O3+. The van der Waals surface area contributed by atoms with E-state index in [1.165, 1.54) is 4.90 Å². The smallest absolute Gasteiger partial charge is 0.161 e. The summed E-state index contributed by atoms with van der Waals surface area (Å²) in [6, 6.07) is 0. The van der Waals surface area contributed by atoms with Gasteiger partial charge in [-0.3, -0.25) is 4.90 Å². The Hall–Kier alpha value is -0.620. The topological polar surface area (TPSA) is 55.2 Å². The Kier molecular flexibility index (Phi) is 8.39. The van der Waals surface area contributed by atoms with Crippen LogP contribution in [0.4, 0.5) is 0 Å². The first-order valence-electron chi connectivity index (χ1n) is 8.61. The third-order valence-electron chi connectivity index (χ3n) is 4.41. The summed E-state index contributed by atoms with van der Waals surface area (Å²) < 4.78 is 11.5. The van der Waals surface area contributed by atoms with Crippen molar-refractivity contribution in [3.05, 3.63) is 11.9 Å². The molecule has 1 heterocycles. The molecular weight excluding hydrogens is 280 g/mol. The Morgan fingerprint density at radius 1 is 1.32 bits per heavy atom. The van der Waals surface area contributed by atoms with E-state index in [0.29, 0.717) is 6.17 Å². The van der Waals surface area contributed by atoms with E-state index in [1.54, 1.807) is 0 Å². The van der Waals surface area contributed by atoms with Gasteiger partial charge < -0.3 is 19.9 Å². The van der Waals surface area contributed by atoms with Crippen LogP contribution < -0.4 is 10.2 Å². The summed E-state index contributed by atoms with van der Waals surface area (Å²) in [4.78, 5) is 1.32.